The highest BCUT2D eigenvalue weighted by atomic mass is 28.4. The summed E-state index contributed by atoms with van der Waals surface area (Å²) in [6, 6.07) is 9.82. The van der Waals surface area contributed by atoms with Gasteiger partial charge in [-0.1, -0.05) is 77.0 Å². The lowest BCUT2D eigenvalue weighted by molar-refractivity contribution is -0.123. The van der Waals surface area contributed by atoms with Crippen LogP contribution in [-0.4, -0.2) is 26.3 Å². The summed E-state index contributed by atoms with van der Waals surface area (Å²) in [5, 5.41) is 7.17. The number of nitrogens with zero attached hydrogens (tertiary/aromatic N) is 3. The van der Waals surface area contributed by atoms with E-state index in [0.717, 1.165) is 11.3 Å². The number of hydrogen-bond acceptors (Lipinski definition) is 3. The summed E-state index contributed by atoms with van der Waals surface area (Å²) in [6.07, 6.45) is 3.31. The standard InChI is InChI=1S/C24H36N4O2Si/c1-15(2)31(16(3)4,17(5)6)30-22-14-19(27-28-25)13-21-23(22)20(24(29)26-21)12-18-10-8-7-9-11-18/h7-11,14-17,19-21,23H,12-13H2,1-6H3,(H,26,29)/t19-,20+,21-,23-/m1/s1. The third-order valence-electron chi connectivity index (χ3n) is 7.21. The molecule has 1 aliphatic heterocycles. The number of azide groups is 1. The normalized spacial score (nSPS) is 25.8. The van der Waals surface area contributed by atoms with Gasteiger partial charge in [0.1, 0.15) is 0 Å². The van der Waals surface area contributed by atoms with Crippen molar-refractivity contribution in [3.63, 3.8) is 0 Å². The van der Waals surface area contributed by atoms with Crippen molar-refractivity contribution < 1.29 is 9.22 Å². The molecule has 168 valence electrons. The number of fused-ring (bicyclic) bond motifs is 1. The largest absolute Gasteiger partial charge is 0.546 e. The second kappa shape index (κ2) is 9.49. The molecule has 1 aliphatic carbocycles. The smallest absolute Gasteiger partial charge is 0.258 e. The first-order chi connectivity index (χ1) is 14.7. The third-order valence-corrected chi connectivity index (χ3v) is 13.2. The summed E-state index contributed by atoms with van der Waals surface area (Å²) in [4.78, 5) is 16.1. The van der Waals surface area contributed by atoms with Crippen LogP contribution in [-0.2, 0) is 15.6 Å². The van der Waals surface area contributed by atoms with Crippen molar-refractivity contribution >= 4 is 14.2 Å². The van der Waals surface area contributed by atoms with E-state index in [0.29, 0.717) is 29.5 Å². The van der Waals surface area contributed by atoms with Gasteiger partial charge in [-0.2, -0.15) is 0 Å². The van der Waals surface area contributed by atoms with E-state index in [2.05, 4.69) is 69.0 Å². The van der Waals surface area contributed by atoms with Crippen molar-refractivity contribution in [1.29, 1.82) is 0 Å². The van der Waals surface area contributed by atoms with Gasteiger partial charge in [-0.15, -0.1) is 0 Å². The summed E-state index contributed by atoms with van der Waals surface area (Å²) < 4.78 is 7.09. The molecule has 31 heavy (non-hydrogen) atoms. The zero-order chi connectivity index (χ0) is 22.8. The minimum atomic E-state index is -2.21. The van der Waals surface area contributed by atoms with Crippen molar-refractivity contribution in [3.8, 4) is 0 Å². The first kappa shape index (κ1) is 23.4. The molecule has 1 heterocycles. The maximum absolute atomic E-state index is 13.0. The van der Waals surface area contributed by atoms with E-state index in [9.17, 15) is 4.79 Å². The molecule has 1 aromatic carbocycles. The first-order valence-electron chi connectivity index (χ1n) is 11.5. The van der Waals surface area contributed by atoms with Crippen LogP contribution in [0.2, 0.25) is 16.6 Å². The van der Waals surface area contributed by atoms with Crippen molar-refractivity contribution in [3.05, 3.63) is 58.2 Å². The molecule has 2 aliphatic rings. The Balaban J connectivity index is 2.03. The van der Waals surface area contributed by atoms with Crippen molar-refractivity contribution in [2.75, 3.05) is 0 Å². The number of hydrogen-bond donors (Lipinski definition) is 1. The van der Waals surface area contributed by atoms with Gasteiger partial charge in [0.15, 0.2) is 0 Å². The average Bonchev–Trinajstić information content (AvgIpc) is 3.01. The van der Waals surface area contributed by atoms with Gasteiger partial charge in [0.25, 0.3) is 8.32 Å². The number of nitrogens with one attached hydrogen (secondary N) is 1. The molecule has 1 amide bonds. The van der Waals surface area contributed by atoms with Gasteiger partial charge in [-0.3, -0.25) is 4.79 Å². The number of amides is 1. The quantitative estimate of drug-likeness (QED) is 0.228. The van der Waals surface area contributed by atoms with Crippen LogP contribution in [0.3, 0.4) is 0 Å². The van der Waals surface area contributed by atoms with E-state index in [4.69, 9.17) is 9.96 Å². The first-order valence-corrected chi connectivity index (χ1v) is 13.6. The highest BCUT2D eigenvalue weighted by Gasteiger charge is 2.52. The van der Waals surface area contributed by atoms with Crippen LogP contribution in [0.5, 0.6) is 0 Å². The Bertz CT molecular complexity index is 840. The SMILES string of the molecule is CC(C)[Si](OC1=C[C@H](N=[N+]=[N-])C[C@H]2NC(=O)[C@@H](Cc3ccccc3)[C@@H]12)(C(C)C)C(C)C. The van der Waals surface area contributed by atoms with Gasteiger partial charge in [0, 0.05) is 16.9 Å². The highest BCUT2D eigenvalue weighted by molar-refractivity contribution is 6.77. The van der Waals surface area contributed by atoms with Gasteiger partial charge in [0.05, 0.1) is 17.7 Å². The Morgan fingerprint density at radius 3 is 2.29 bits per heavy atom. The fourth-order valence-electron chi connectivity index (χ4n) is 5.95. The summed E-state index contributed by atoms with van der Waals surface area (Å²) in [5.41, 5.74) is 11.5. The fraction of sp³-hybridized carbons (Fsp3) is 0.625. The molecule has 1 N–H and O–H groups in total. The van der Waals surface area contributed by atoms with Crippen LogP contribution in [0.25, 0.3) is 10.4 Å². The van der Waals surface area contributed by atoms with E-state index in [1.54, 1.807) is 0 Å². The lowest BCUT2D eigenvalue weighted by Crippen LogP contribution is -2.50. The monoisotopic (exact) mass is 440 g/mol. The molecule has 1 fully saturated rings. The average molecular weight is 441 g/mol. The second-order valence-electron chi connectivity index (χ2n) is 9.93. The van der Waals surface area contributed by atoms with E-state index in [-0.39, 0.29) is 29.8 Å². The minimum absolute atomic E-state index is 0.0269. The van der Waals surface area contributed by atoms with Gasteiger partial charge >= 0.3 is 0 Å². The van der Waals surface area contributed by atoms with E-state index < -0.39 is 8.32 Å². The molecule has 6 nitrogen and oxygen atoms in total. The summed E-state index contributed by atoms with van der Waals surface area (Å²) in [6.45, 7) is 13.6. The Morgan fingerprint density at radius 2 is 1.74 bits per heavy atom. The molecule has 0 spiro atoms. The van der Waals surface area contributed by atoms with E-state index in [1.807, 2.05) is 24.3 Å². The van der Waals surface area contributed by atoms with Crippen molar-refractivity contribution in [1.82, 2.24) is 5.32 Å². The van der Waals surface area contributed by atoms with Crippen LogP contribution in [0, 0.1) is 11.8 Å². The zero-order valence-corrected chi connectivity index (χ0v) is 20.6. The van der Waals surface area contributed by atoms with Crippen LogP contribution < -0.4 is 5.32 Å². The van der Waals surface area contributed by atoms with Crippen molar-refractivity contribution in [2.24, 2.45) is 17.0 Å². The number of rotatable bonds is 8. The Labute approximate surface area is 187 Å². The zero-order valence-electron chi connectivity index (χ0n) is 19.6. The number of carbonyl (C=O) groups excluding carboxylic acids is 1. The predicted octanol–water partition coefficient (Wildman–Crippen LogP) is 6.12. The number of carbonyl (C=O) groups is 1. The summed E-state index contributed by atoms with van der Waals surface area (Å²) >= 11 is 0. The van der Waals surface area contributed by atoms with Gasteiger partial charge in [-0.05, 0) is 46.6 Å². The van der Waals surface area contributed by atoms with Crippen LogP contribution in [0.1, 0.15) is 53.5 Å². The molecular formula is C24H36N4O2Si. The molecule has 4 atom stereocenters. The highest BCUT2D eigenvalue weighted by Crippen LogP contribution is 2.48. The second-order valence-corrected chi connectivity index (χ2v) is 15.3. The van der Waals surface area contributed by atoms with E-state index >= 15 is 0 Å². The number of benzene rings is 1. The molecule has 0 radical (unpaired) electrons. The third kappa shape index (κ3) is 4.53. The molecule has 0 unspecified atom stereocenters. The van der Waals surface area contributed by atoms with Gasteiger partial charge in [0.2, 0.25) is 5.91 Å². The molecule has 7 heteroatoms. The topological polar surface area (TPSA) is 87.1 Å². The van der Waals surface area contributed by atoms with Crippen LogP contribution in [0.15, 0.2) is 47.3 Å². The molecule has 0 saturated carbocycles. The Morgan fingerprint density at radius 1 is 1.13 bits per heavy atom. The molecule has 0 aromatic heterocycles. The van der Waals surface area contributed by atoms with Gasteiger partial charge < -0.3 is 9.74 Å². The molecule has 3 rings (SSSR count). The van der Waals surface area contributed by atoms with Crippen LogP contribution >= 0.6 is 0 Å². The van der Waals surface area contributed by atoms with Crippen molar-refractivity contribution in [2.45, 2.75) is 83.1 Å². The molecule has 1 saturated heterocycles. The fourth-order valence-corrected chi connectivity index (χ4v) is 11.3. The van der Waals surface area contributed by atoms with Gasteiger partial charge in [-0.25, -0.2) is 0 Å². The molecule has 1 aromatic rings. The summed E-state index contributed by atoms with van der Waals surface area (Å²) in [5.74, 6) is 0.737. The molecular weight excluding hydrogens is 404 g/mol. The van der Waals surface area contributed by atoms with E-state index in [1.165, 1.54) is 0 Å². The predicted molar refractivity (Wildman–Crippen MR) is 127 cm³/mol. The maximum atomic E-state index is 13.0. The Kier molecular flexibility index (Phi) is 7.17. The summed E-state index contributed by atoms with van der Waals surface area (Å²) in [7, 11) is -2.21. The maximum Gasteiger partial charge on any atom is 0.258 e. The lowest BCUT2D eigenvalue weighted by atomic mass is 9.79. The minimum Gasteiger partial charge on any atom is -0.546 e. The molecule has 0 bridgehead atoms. The Hall–Kier alpha value is -2.24. The lowest BCUT2D eigenvalue weighted by Gasteiger charge is -2.45. The van der Waals surface area contributed by atoms with Crippen LogP contribution in [0.4, 0.5) is 0 Å².